The van der Waals surface area contributed by atoms with Crippen LogP contribution in [0.25, 0.3) is 10.9 Å². The largest absolute Gasteiger partial charge is 0.496 e. The van der Waals surface area contributed by atoms with E-state index in [1.54, 1.807) is 14.0 Å². The molecule has 1 aliphatic rings. The highest BCUT2D eigenvalue weighted by atomic mass is 16.5. The summed E-state index contributed by atoms with van der Waals surface area (Å²) in [7, 11) is 1.67. The lowest BCUT2D eigenvalue weighted by Gasteiger charge is -2.36. The lowest BCUT2D eigenvalue weighted by molar-refractivity contribution is -0.130. The average molecular weight is 320 g/mol. The van der Waals surface area contributed by atoms with Crippen LogP contribution < -0.4 is 4.74 Å². The fourth-order valence-electron chi connectivity index (χ4n) is 3.80. The van der Waals surface area contributed by atoms with Gasteiger partial charge < -0.3 is 14.6 Å². The highest BCUT2D eigenvalue weighted by Gasteiger charge is 2.34. The number of fused-ring (bicyclic) bond motifs is 3. The molecule has 3 aromatic rings. The molecule has 2 heterocycles. The number of benzene rings is 2. The van der Waals surface area contributed by atoms with E-state index in [-0.39, 0.29) is 11.9 Å². The maximum absolute atomic E-state index is 12.3. The number of hydrogen-bond acceptors (Lipinski definition) is 2. The molecule has 4 heteroatoms. The van der Waals surface area contributed by atoms with Crippen LogP contribution in [0.4, 0.5) is 0 Å². The van der Waals surface area contributed by atoms with E-state index in [1.165, 1.54) is 10.9 Å². The molecule has 1 atom stereocenters. The van der Waals surface area contributed by atoms with Gasteiger partial charge in [-0.1, -0.05) is 36.4 Å². The normalized spacial score (nSPS) is 16.9. The SMILES string of the molecule is COc1ccccc1C1c2[nH]c3ccccc3c2CCN1C(C)=O. The van der Waals surface area contributed by atoms with E-state index in [0.29, 0.717) is 6.54 Å². The predicted molar refractivity (Wildman–Crippen MR) is 94.2 cm³/mol. The molecule has 1 unspecified atom stereocenters. The van der Waals surface area contributed by atoms with Gasteiger partial charge in [0.05, 0.1) is 7.11 Å². The maximum Gasteiger partial charge on any atom is 0.220 e. The minimum Gasteiger partial charge on any atom is -0.496 e. The van der Waals surface area contributed by atoms with Gasteiger partial charge in [-0.05, 0) is 24.1 Å². The van der Waals surface area contributed by atoms with E-state index in [0.717, 1.165) is 28.9 Å². The van der Waals surface area contributed by atoms with Gasteiger partial charge in [0.25, 0.3) is 0 Å². The second kappa shape index (κ2) is 5.71. The molecule has 0 radical (unpaired) electrons. The van der Waals surface area contributed by atoms with Crippen LogP contribution in [0.5, 0.6) is 5.75 Å². The van der Waals surface area contributed by atoms with Crippen LogP contribution in [0.2, 0.25) is 0 Å². The molecule has 1 amide bonds. The minimum atomic E-state index is -0.144. The van der Waals surface area contributed by atoms with Crippen LogP contribution in [0, 0.1) is 0 Å². The molecule has 2 aromatic carbocycles. The summed E-state index contributed by atoms with van der Waals surface area (Å²) in [5.41, 5.74) is 4.54. The zero-order chi connectivity index (χ0) is 16.7. The molecular formula is C20H20N2O2. The lowest BCUT2D eigenvalue weighted by Crippen LogP contribution is -2.39. The third kappa shape index (κ3) is 2.18. The number of aromatic amines is 1. The third-order valence-electron chi connectivity index (χ3n) is 4.87. The first kappa shape index (κ1) is 14.8. The number of carbonyl (C=O) groups excluding carboxylic acids is 1. The number of amides is 1. The fraction of sp³-hybridized carbons (Fsp3) is 0.250. The maximum atomic E-state index is 12.3. The monoisotopic (exact) mass is 320 g/mol. The van der Waals surface area contributed by atoms with E-state index in [2.05, 4.69) is 23.2 Å². The van der Waals surface area contributed by atoms with Gasteiger partial charge in [0.2, 0.25) is 5.91 Å². The number of carbonyl (C=O) groups is 1. The Kier molecular flexibility index (Phi) is 3.53. The quantitative estimate of drug-likeness (QED) is 0.783. The van der Waals surface area contributed by atoms with Gasteiger partial charge >= 0.3 is 0 Å². The van der Waals surface area contributed by atoms with Crippen LogP contribution in [-0.4, -0.2) is 29.4 Å². The Bertz CT molecular complexity index is 913. The van der Waals surface area contributed by atoms with E-state index < -0.39 is 0 Å². The number of rotatable bonds is 2. The first-order chi connectivity index (χ1) is 11.7. The molecule has 0 saturated heterocycles. The Hall–Kier alpha value is -2.75. The van der Waals surface area contributed by atoms with Crippen LogP contribution in [-0.2, 0) is 11.2 Å². The van der Waals surface area contributed by atoms with E-state index in [4.69, 9.17) is 4.74 Å². The summed E-state index contributed by atoms with van der Waals surface area (Å²) in [6, 6.07) is 16.1. The Morgan fingerprint density at radius 2 is 1.92 bits per heavy atom. The van der Waals surface area contributed by atoms with Crippen molar-refractivity contribution in [1.29, 1.82) is 0 Å². The number of ether oxygens (including phenoxy) is 1. The van der Waals surface area contributed by atoms with Crippen LogP contribution >= 0.6 is 0 Å². The van der Waals surface area contributed by atoms with E-state index >= 15 is 0 Å². The topological polar surface area (TPSA) is 45.3 Å². The Morgan fingerprint density at radius 1 is 1.17 bits per heavy atom. The van der Waals surface area contributed by atoms with Crippen molar-refractivity contribution in [3.63, 3.8) is 0 Å². The first-order valence-electron chi connectivity index (χ1n) is 8.20. The van der Waals surface area contributed by atoms with Crippen molar-refractivity contribution >= 4 is 16.8 Å². The Morgan fingerprint density at radius 3 is 2.71 bits per heavy atom. The van der Waals surface area contributed by atoms with Gasteiger partial charge in [0, 0.05) is 35.6 Å². The van der Waals surface area contributed by atoms with Crippen molar-refractivity contribution in [3.8, 4) is 5.75 Å². The van der Waals surface area contributed by atoms with Crippen molar-refractivity contribution in [1.82, 2.24) is 9.88 Å². The van der Waals surface area contributed by atoms with E-state index in [9.17, 15) is 4.79 Å². The summed E-state index contributed by atoms with van der Waals surface area (Å²) >= 11 is 0. The minimum absolute atomic E-state index is 0.0789. The summed E-state index contributed by atoms with van der Waals surface area (Å²) in [5.74, 6) is 0.885. The van der Waals surface area contributed by atoms with Gasteiger partial charge in [-0.3, -0.25) is 4.79 Å². The molecule has 1 aliphatic heterocycles. The molecule has 1 N–H and O–H groups in total. The summed E-state index contributed by atoms with van der Waals surface area (Å²) in [6.45, 7) is 2.35. The van der Waals surface area contributed by atoms with Crippen molar-refractivity contribution < 1.29 is 9.53 Å². The van der Waals surface area contributed by atoms with Gasteiger partial charge in [0.1, 0.15) is 11.8 Å². The molecule has 0 fully saturated rings. The van der Waals surface area contributed by atoms with Gasteiger partial charge in [-0.15, -0.1) is 0 Å². The molecule has 0 saturated carbocycles. The smallest absolute Gasteiger partial charge is 0.220 e. The van der Waals surface area contributed by atoms with Gasteiger partial charge in [-0.25, -0.2) is 0 Å². The van der Waals surface area contributed by atoms with Crippen molar-refractivity contribution in [2.24, 2.45) is 0 Å². The molecule has 24 heavy (non-hydrogen) atoms. The number of hydrogen-bond donors (Lipinski definition) is 1. The lowest BCUT2D eigenvalue weighted by atomic mass is 9.92. The highest BCUT2D eigenvalue weighted by molar-refractivity contribution is 5.86. The summed E-state index contributed by atoms with van der Waals surface area (Å²) < 4.78 is 5.56. The predicted octanol–water partition coefficient (Wildman–Crippen LogP) is 3.67. The molecule has 122 valence electrons. The molecule has 4 rings (SSSR count). The standard InChI is InChI=1S/C20H20N2O2/c1-13(23)22-12-11-15-14-7-3-5-9-17(14)21-19(15)20(22)16-8-4-6-10-18(16)24-2/h3-10,20-21H,11-12H2,1-2H3. The zero-order valence-electron chi connectivity index (χ0n) is 13.9. The average Bonchev–Trinajstić information content (AvgIpc) is 2.99. The Balaban J connectivity index is 1.96. The van der Waals surface area contributed by atoms with E-state index in [1.807, 2.05) is 35.2 Å². The molecule has 0 spiro atoms. The first-order valence-corrected chi connectivity index (χ1v) is 8.20. The van der Waals surface area contributed by atoms with Gasteiger partial charge in [0.15, 0.2) is 0 Å². The van der Waals surface area contributed by atoms with Crippen LogP contribution in [0.3, 0.4) is 0 Å². The number of nitrogens with zero attached hydrogens (tertiary/aromatic N) is 1. The molecule has 1 aromatic heterocycles. The molecular weight excluding hydrogens is 300 g/mol. The zero-order valence-corrected chi connectivity index (χ0v) is 13.9. The van der Waals surface area contributed by atoms with Crippen molar-refractivity contribution in [2.75, 3.05) is 13.7 Å². The molecule has 4 nitrogen and oxygen atoms in total. The number of methoxy groups -OCH3 is 1. The number of para-hydroxylation sites is 2. The molecule has 0 bridgehead atoms. The van der Waals surface area contributed by atoms with Crippen LogP contribution in [0.15, 0.2) is 48.5 Å². The fourth-order valence-corrected chi connectivity index (χ4v) is 3.80. The number of H-pyrrole nitrogens is 1. The highest BCUT2D eigenvalue weighted by Crippen LogP contribution is 2.41. The number of nitrogens with one attached hydrogen (secondary N) is 1. The van der Waals surface area contributed by atoms with Gasteiger partial charge in [-0.2, -0.15) is 0 Å². The number of aromatic nitrogens is 1. The second-order valence-electron chi connectivity index (χ2n) is 6.17. The molecule has 0 aliphatic carbocycles. The van der Waals surface area contributed by atoms with Crippen LogP contribution in [0.1, 0.15) is 29.8 Å². The summed E-state index contributed by atoms with van der Waals surface area (Å²) in [4.78, 5) is 17.8. The summed E-state index contributed by atoms with van der Waals surface area (Å²) in [6.07, 6.45) is 0.866. The summed E-state index contributed by atoms with van der Waals surface area (Å²) in [5, 5.41) is 1.25. The second-order valence-corrected chi connectivity index (χ2v) is 6.17. The van der Waals surface area contributed by atoms with Crippen molar-refractivity contribution in [2.45, 2.75) is 19.4 Å². The Labute approximate surface area is 141 Å². The third-order valence-corrected chi connectivity index (χ3v) is 4.87. The van der Waals surface area contributed by atoms with Crippen molar-refractivity contribution in [3.05, 3.63) is 65.4 Å².